The van der Waals surface area contributed by atoms with Gasteiger partial charge in [-0.25, -0.2) is 4.98 Å². The fourth-order valence-corrected chi connectivity index (χ4v) is 4.53. The molecule has 0 spiro atoms. The second-order valence-electron chi connectivity index (χ2n) is 7.88. The number of imidazole rings is 1. The number of hydrogen-bond donors (Lipinski definition) is 1. The number of nitrogens with zero attached hydrogens (tertiary/aromatic N) is 3. The molecule has 1 saturated carbocycles. The first-order valence-corrected chi connectivity index (χ1v) is 10.4. The number of nitrogens with one attached hydrogen (secondary N) is 1. The molecule has 3 heterocycles. The van der Waals surface area contributed by atoms with Gasteiger partial charge in [0, 0.05) is 24.5 Å². The number of fused-ring (bicyclic) bond motifs is 2. The molecule has 0 saturated heterocycles. The van der Waals surface area contributed by atoms with Gasteiger partial charge in [0.1, 0.15) is 0 Å². The number of rotatable bonds is 3. The van der Waals surface area contributed by atoms with Crippen LogP contribution in [0.3, 0.4) is 0 Å². The van der Waals surface area contributed by atoms with E-state index >= 15 is 0 Å². The second-order valence-corrected chi connectivity index (χ2v) is 7.88. The van der Waals surface area contributed by atoms with Crippen LogP contribution in [0.1, 0.15) is 58.8 Å². The van der Waals surface area contributed by atoms with Crippen molar-refractivity contribution in [1.82, 2.24) is 14.7 Å². The molecule has 1 aliphatic heterocycles. The summed E-state index contributed by atoms with van der Waals surface area (Å²) in [6, 6.07) is 13.7. The molecule has 0 bridgehead atoms. The largest absolute Gasteiger partial charge is 0.347 e. The molecule has 6 heteroatoms. The SMILES string of the molecule is O=C(NC1CCCCC1)c1nc(C(=O)N2CCc3ccccc32)c2ccccn12. The van der Waals surface area contributed by atoms with Crippen LogP contribution in [0, 0.1) is 0 Å². The van der Waals surface area contributed by atoms with E-state index in [1.807, 2.05) is 36.4 Å². The number of hydrogen-bond acceptors (Lipinski definition) is 3. The molecule has 5 rings (SSSR count). The zero-order chi connectivity index (χ0) is 19.8. The molecule has 148 valence electrons. The second kappa shape index (κ2) is 7.35. The number of para-hydroxylation sites is 1. The van der Waals surface area contributed by atoms with Crippen molar-refractivity contribution in [3.05, 3.63) is 65.7 Å². The molecule has 2 aliphatic rings. The highest BCUT2D eigenvalue weighted by atomic mass is 16.2. The van der Waals surface area contributed by atoms with Gasteiger partial charge in [-0.1, -0.05) is 43.5 Å². The fourth-order valence-electron chi connectivity index (χ4n) is 4.53. The number of amides is 2. The molecule has 3 aromatic rings. The van der Waals surface area contributed by atoms with Crippen LogP contribution in [0.5, 0.6) is 0 Å². The van der Waals surface area contributed by atoms with E-state index in [1.165, 1.54) is 12.0 Å². The van der Waals surface area contributed by atoms with E-state index in [4.69, 9.17) is 0 Å². The molecule has 1 aromatic carbocycles. The molecule has 1 fully saturated rings. The summed E-state index contributed by atoms with van der Waals surface area (Å²) < 4.78 is 1.73. The van der Waals surface area contributed by atoms with Crippen LogP contribution in [0.4, 0.5) is 5.69 Å². The Balaban J connectivity index is 1.49. The molecule has 0 unspecified atom stereocenters. The van der Waals surface area contributed by atoms with Crippen molar-refractivity contribution < 1.29 is 9.59 Å². The van der Waals surface area contributed by atoms with Gasteiger partial charge in [-0.2, -0.15) is 0 Å². The number of pyridine rings is 1. The third kappa shape index (κ3) is 3.18. The Hall–Kier alpha value is -3.15. The fraction of sp³-hybridized carbons (Fsp3) is 0.348. The number of benzene rings is 1. The van der Waals surface area contributed by atoms with Gasteiger partial charge >= 0.3 is 0 Å². The monoisotopic (exact) mass is 388 g/mol. The lowest BCUT2D eigenvalue weighted by Gasteiger charge is -2.22. The minimum Gasteiger partial charge on any atom is -0.347 e. The lowest BCUT2D eigenvalue weighted by molar-refractivity contribution is 0.0916. The van der Waals surface area contributed by atoms with Crippen LogP contribution < -0.4 is 10.2 Å². The van der Waals surface area contributed by atoms with Crippen molar-refractivity contribution >= 4 is 23.0 Å². The van der Waals surface area contributed by atoms with Crippen molar-refractivity contribution in [2.24, 2.45) is 0 Å². The summed E-state index contributed by atoms with van der Waals surface area (Å²) in [4.78, 5) is 32.6. The standard InChI is InChI=1S/C23H24N4O2/c28-22(24-17-9-2-1-3-10-17)21-25-20(19-12-6-7-14-26(19)21)23(29)27-15-13-16-8-4-5-11-18(16)27/h4-8,11-12,14,17H,1-3,9-10,13,15H2,(H,24,28). The quantitative estimate of drug-likeness (QED) is 0.745. The molecule has 1 aliphatic carbocycles. The maximum absolute atomic E-state index is 13.4. The van der Waals surface area contributed by atoms with Crippen molar-refractivity contribution in [3.8, 4) is 0 Å². The zero-order valence-electron chi connectivity index (χ0n) is 16.3. The minimum atomic E-state index is -0.209. The van der Waals surface area contributed by atoms with Crippen LogP contribution in [0.2, 0.25) is 0 Å². The smallest absolute Gasteiger partial charge is 0.287 e. The Morgan fingerprint density at radius 2 is 1.79 bits per heavy atom. The summed E-state index contributed by atoms with van der Waals surface area (Å²) in [6.07, 6.45) is 8.16. The van der Waals surface area contributed by atoms with E-state index in [9.17, 15) is 9.59 Å². The third-order valence-corrected chi connectivity index (χ3v) is 6.03. The summed E-state index contributed by atoms with van der Waals surface area (Å²) in [5, 5.41) is 3.12. The third-order valence-electron chi connectivity index (χ3n) is 6.03. The Morgan fingerprint density at radius 3 is 2.66 bits per heavy atom. The molecule has 0 radical (unpaired) electrons. The van der Waals surface area contributed by atoms with Crippen LogP contribution in [0.25, 0.3) is 5.52 Å². The summed E-state index contributed by atoms with van der Waals surface area (Å²) >= 11 is 0. The van der Waals surface area contributed by atoms with Crippen molar-refractivity contribution in [2.45, 2.75) is 44.6 Å². The summed E-state index contributed by atoms with van der Waals surface area (Å²) in [6.45, 7) is 0.633. The average Bonchev–Trinajstić information content (AvgIpc) is 3.36. The highest BCUT2D eigenvalue weighted by Gasteiger charge is 2.30. The van der Waals surface area contributed by atoms with Gasteiger partial charge < -0.3 is 10.2 Å². The van der Waals surface area contributed by atoms with Gasteiger partial charge in [-0.05, 0) is 43.0 Å². The van der Waals surface area contributed by atoms with E-state index in [1.54, 1.807) is 15.5 Å². The Morgan fingerprint density at radius 1 is 1.00 bits per heavy atom. The van der Waals surface area contributed by atoms with Gasteiger partial charge in [0.2, 0.25) is 5.82 Å². The van der Waals surface area contributed by atoms with Crippen LogP contribution in [-0.2, 0) is 6.42 Å². The topological polar surface area (TPSA) is 66.7 Å². The maximum atomic E-state index is 13.4. The first-order valence-electron chi connectivity index (χ1n) is 10.4. The Kier molecular flexibility index (Phi) is 4.54. The zero-order valence-corrected chi connectivity index (χ0v) is 16.3. The highest BCUT2D eigenvalue weighted by Crippen LogP contribution is 2.29. The van der Waals surface area contributed by atoms with Crippen LogP contribution >= 0.6 is 0 Å². The number of anilines is 1. The number of aromatic nitrogens is 2. The number of carbonyl (C=O) groups is 2. The normalized spacial score (nSPS) is 16.8. The maximum Gasteiger partial charge on any atom is 0.287 e. The van der Waals surface area contributed by atoms with E-state index in [2.05, 4.69) is 16.4 Å². The van der Waals surface area contributed by atoms with E-state index in [0.717, 1.165) is 37.8 Å². The molecular formula is C23H24N4O2. The minimum absolute atomic E-state index is 0.157. The summed E-state index contributed by atoms with van der Waals surface area (Å²) in [5.74, 6) is -0.0867. The Bertz CT molecular complexity index is 1080. The van der Waals surface area contributed by atoms with Crippen LogP contribution in [0.15, 0.2) is 48.7 Å². The van der Waals surface area contributed by atoms with Gasteiger partial charge in [-0.15, -0.1) is 0 Å². The summed E-state index contributed by atoms with van der Waals surface area (Å²) in [7, 11) is 0. The molecule has 29 heavy (non-hydrogen) atoms. The highest BCUT2D eigenvalue weighted by molar-refractivity contribution is 6.11. The van der Waals surface area contributed by atoms with Crippen LogP contribution in [-0.4, -0.2) is 33.8 Å². The van der Waals surface area contributed by atoms with Gasteiger partial charge in [0.15, 0.2) is 5.69 Å². The predicted molar refractivity (Wildman–Crippen MR) is 111 cm³/mol. The van der Waals surface area contributed by atoms with Crippen molar-refractivity contribution in [2.75, 3.05) is 11.4 Å². The van der Waals surface area contributed by atoms with Gasteiger partial charge in [0.25, 0.3) is 11.8 Å². The van der Waals surface area contributed by atoms with Crippen molar-refractivity contribution in [3.63, 3.8) is 0 Å². The molecule has 0 atom stereocenters. The summed E-state index contributed by atoms with van der Waals surface area (Å²) in [5.41, 5.74) is 3.09. The van der Waals surface area contributed by atoms with Gasteiger partial charge in [0.05, 0.1) is 5.52 Å². The van der Waals surface area contributed by atoms with E-state index < -0.39 is 0 Å². The van der Waals surface area contributed by atoms with E-state index in [-0.39, 0.29) is 23.7 Å². The number of carbonyl (C=O) groups excluding carboxylic acids is 2. The molecular weight excluding hydrogens is 364 g/mol. The first-order chi connectivity index (χ1) is 14.2. The molecule has 2 aromatic heterocycles. The molecule has 6 nitrogen and oxygen atoms in total. The Labute approximate surface area is 169 Å². The molecule has 2 amide bonds. The van der Waals surface area contributed by atoms with Crippen molar-refractivity contribution in [1.29, 1.82) is 0 Å². The van der Waals surface area contributed by atoms with E-state index in [0.29, 0.717) is 17.8 Å². The lowest BCUT2D eigenvalue weighted by Crippen LogP contribution is -2.37. The lowest BCUT2D eigenvalue weighted by atomic mass is 9.95. The van der Waals surface area contributed by atoms with Gasteiger partial charge in [-0.3, -0.25) is 14.0 Å². The molecule has 1 N–H and O–H groups in total. The predicted octanol–water partition coefficient (Wildman–Crippen LogP) is 3.60. The first kappa shape index (κ1) is 17.9. The average molecular weight is 388 g/mol.